The molecule has 1 aromatic heterocycles. The molecule has 12 heteroatoms. The third-order valence-corrected chi connectivity index (χ3v) is 5.29. The third kappa shape index (κ3) is 6.25. The number of hydrogen-bond donors (Lipinski definition) is 5. The summed E-state index contributed by atoms with van der Waals surface area (Å²) in [6.07, 6.45) is -5.88. The maximum atomic E-state index is 13.6. The second-order valence-electron chi connectivity index (χ2n) is 6.89. The lowest BCUT2D eigenvalue weighted by Gasteiger charge is -2.28. The summed E-state index contributed by atoms with van der Waals surface area (Å²) in [6, 6.07) is 10.6. The van der Waals surface area contributed by atoms with E-state index in [0.717, 1.165) is 10.2 Å². The van der Waals surface area contributed by atoms with Gasteiger partial charge in [-0.05, 0) is 30.3 Å². The lowest BCUT2D eigenvalue weighted by molar-refractivity contribution is -0.0981. The smallest absolute Gasteiger partial charge is 0.164 e. The van der Waals surface area contributed by atoms with Crippen molar-refractivity contribution in [2.75, 3.05) is 25.6 Å². The summed E-state index contributed by atoms with van der Waals surface area (Å²) in [6.45, 7) is -1.71. The number of hydrogen-bond acceptors (Lipinski definition) is 9. The molecule has 3 rings (SSSR count). The summed E-state index contributed by atoms with van der Waals surface area (Å²) in [7, 11) is 1.40. The van der Waals surface area contributed by atoms with E-state index in [1.807, 2.05) is 24.3 Å². The number of nitrogens with one attached hydrogen (secondary N) is 1. The lowest BCUT2D eigenvalue weighted by atomic mass is 10.0. The Morgan fingerprint density at radius 1 is 1.03 bits per heavy atom. The van der Waals surface area contributed by atoms with Gasteiger partial charge < -0.3 is 40.7 Å². The quantitative estimate of drug-likeness (QED) is 0.258. The van der Waals surface area contributed by atoms with Crippen molar-refractivity contribution < 1.29 is 39.8 Å². The highest BCUT2D eigenvalue weighted by Gasteiger charge is 2.34. The van der Waals surface area contributed by atoms with Crippen LogP contribution in [0.15, 0.2) is 47.2 Å². The third-order valence-electron chi connectivity index (χ3n) is 4.76. The van der Waals surface area contributed by atoms with Crippen LogP contribution in [0.5, 0.6) is 11.5 Å². The Labute approximate surface area is 197 Å². The van der Waals surface area contributed by atoms with E-state index in [9.17, 15) is 19.7 Å². The zero-order valence-corrected chi connectivity index (χ0v) is 19.1. The first-order valence-electron chi connectivity index (χ1n) is 9.61. The number of nitrogens with zero attached hydrogens (tertiary/aromatic N) is 2. The summed E-state index contributed by atoms with van der Waals surface area (Å²) < 4.78 is 25.5. The zero-order valence-electron chi connectivity index (χ0n) is 17.5. The summed E-state index contributed by atoms with van der Waals surface area (Å²) in [4.78, 5) is 8.50. The summed E-state index contributed by atoms with van der Waals surface area (Å²) in [5.74, 6) is 0.864. The molecule has 2 aromatic carbocycles. The van der Waals surface area contributed by atoms with Crippen molar-refractivity contribution in [3.8, 4) is 11.5 Å². The minimum Gasteiger partial charge on any atom is -0.493 e. The van der Waals surface area contributed by atoms with E-state index in [2.05, 4.69) is 31.2 Å². The van der Waals surface area contributed by atoms with Crippen molar-refractivity contribution in [3.63, 3.8) is 0 Å². The Bertz CT molecular complexity index is 1040. The molecule has 0 bridgehead atoms. The van der Waals surface area contributed by atoms with Crippen molar-refractivity contribution >= 4 is 38.3 Å². The number of anilines is 2. The average Bonchev–Trinajstić information content (AvgIpc) is 2.82. The number of aliphatic hydroxyl groups is 4. The molecule has 0 saturated carbocycles. The number of halogens is 2. The monoisotopic (exact) mass is 529 g/mol. The Morgan fingerprint density at radius 3 is 2.33 bits per heavy atom. The Balaban J connectivity index is 0.00000385. The number of aliphatic hydroxyl groups excluding tert-OH is 4. The number of methoxy groups -OCH3 is 1. The molecule has 0 unspecified atom stereocenters. The molecular formula is C21H25BrFN3O7. The molecule has 7 N–H and O–H groups in total. The second-order valence-corrected chi connectivity index (χ2v) is 7.81. The molecule has 0 aliphatic rings. The van der Waals surface area contributed by atoms with Gasteiger partial charge in [0.25, 0.3) is 0 Å². The molecule has 3 aromatic rings. The normalized spacial score (nSPS) is 14.6. The number of rotatable bonds is 10. The molecule has 4 atom stereocenters. The van der Waals surface area contributed by atoms with E-state index in [-0.39, 0.29) is 17.0 Å². The van der Waals surface area contributed by atoms with Gasteiger partial charge in [-0.2, -0.15) is 0 Å². The van der Waals surface area contributed by atoms with Crippen LogP contribution in [0.1, 0.15) is 0 Å². The van der Waals surface area contributed by atoms with Crippen LogP contribution < -0.4 is 14.8 Å². The number of benzene rings is 2. The van der Waals surface area contributed by atoms with Gasteiger partial charge in [0.15, 0.2) is 23.8 Å². The number of alkyl halides is 1. The molecule has 1 heterocycles. The predicted octanol–water partition coefficient (Wildman–Crippen LogP) is 1.11. The van der Waals surface area contributed by atoms with Crippen LogP contribution in [0.3, 0.4) is 0 Å². The second kappa shape index (κ2) is 12.0. The van der Waals surface area contributed by atoms with Gasteiger partial charge in [0.05, 0.1) is 25.8 Å². The Hall–Kier alpha value is -2.61. The minimum atomic E-state index is -2.10. The maximum Gasteiger partial charge on any atom is 0.164 e. The first kappa shape index (κ1) is 26.6. The standard InChI is InChI=1S/C21H23BrFN3O6.H2O/c1-31-16-6-13-15(24-10-25-21(13)26-12-4-2-11(22)3-5-12)7-17(16)32-18(9-28)20(30)19(29)14(23)8-27;/h2-7,10,14,18-20,27-30H,8-9H2,1H3,(H,24,25,26);1H2/t14-,18-,19+,20+;/m1./s1. The van der Waals surface area contributed by atoms with Gasteiger partial charge in [0, 0.05) is 21.6 Å². The molecule has 0 aliphatic heterocycles. The fourth-order valence-corrected chi connectivity index (χ4v) is 3.27. The van der Waals surface area contributed by atoms with Crippen LogP contribution >= 0.6 is 15.9 Å². The molecule has 0 amide bonds. The molecule has 0 radical (unpaired) electrons. The SMILES string of the molecule is COc1cc2c(Nc3ccc(Br)cc3)ncnc2cc1O[C@H](CO)[C@H](O)[C@@H](O)[C@H](F)CO.O. The summed E-state index contributed by atoms with van der Waals surface area (Å²) >= 11 is 3.39. The average molecular weight is 530 g/mol. The van der Waals surface area contributed by atoms with Gasteiger partial charge in [-0.25, -0.2) is 14.4 Å². The topological polar surface area (TPSA) is 169 Å². The molecule has 0 saturated heterocycles. The summed E-state index contributed by atoms with van der Waals surface area (Å²) in [5, 5.41) is 42.3. The Kier molecular flexibility index (Phi) is 9.70. The van der Waals surface area contributed by atoms with Gasteiger partial charge in [-0.15, -0.1) is 0 Å². The number of ether oxygens (including phenoxy) is 2. The summed E-state index contributed by atoms with van der Waals surface area (Å²) in [5.41, 5.74) is 1.27. The van der Waals surface area contributed by atoms with Crippen molar-refractivity contribution in [2.45, 2.75) is 24.5 Å². The first-order valence-corrected chi connectivity index (χ1v) is 10.4. The highest BCUT2D eigenvalue weighted by molar-refractivity contribution is 9.10. The fourth-order valence-electron chi connectivity index (χ4n) is 3.01. The zero-order chi connectivity index (χ0) is 23.3. The molecule has 0 fully saturated rings. The van der Waals surface area contributed by atoms with E-state index in [4.69, 9.17) is 14.6 Å². The molecule has 0 aliphatic carbocycles. The number of aromatic nitrogens is 2. The largest absolute Gasteiger partial charge is 0.493 e. The van der Waals surface area contributed by atoms with Crippen LogP contribution in [-0.4, -0.2) is 80.7 Å². The highest BCUT2D eigenvalue weighted by atomic mass is 79.9. The van der Waals surface area contributed by atoms with Gasteiger partial charge >= 0.3 is 0 Å². The molecule has 0 spiro atoms. The number of fused-ring (bicyclic) bond motifs is 1. The first-order chi connectivity index (χ1) is 15.4. The van der Waals surface area contributed by atoms with Crippen molar-refractivity contribution in [3.05, 3.63) is 47.2 Å². The Morgan fingerprint density at radius 2 is 1.73 bits per heavy atom. The maximum absolute atomic E-state index is 13.6. The van der Waals surface area contributed by atoms with Crippen LogP contribution in [0, 0.1) is 0 Å². The molecule has 33 heavy (non-hydrogen) atoms. The van der Waals surface area contributed by atoms with Crippen LogP contribution in [-0.2, 0) is 0 Å². The minimum absolute atomic E-state index is 0. The molecule has 180 valence electrons. The molecule has 10 nitrogen and oxygen atoms in total. The van der Waals surface area contributed by atoms with Crippen LogP contribution in [0.2, 0.25) is 0 Å². The van der Waals surface area contributed by atoms with Gasteiger partial charge in [0.1, 0.15) is 24.4 Å². The van der Waals surface area contributed by atoms with Gasteiger partial charge in [-0.1, -0.05) is 15.9 Å². The van der Waals surface area contributed by atoms with E-state index >= 15 is 0 Å². The van der Waals surface area contributed by atoms with Crippen molar-refractivity contribution in [2.24, 2.45) is 0 Å². The predicted molar refractivity (Wildman–Crippen MR) is 123 cm³/mol. The van der Waals surface area contributed by atoms with Crippen LogP contribution in [0.25, 0.3) is 10.9 Å². The van der Waals surface area contributed by atoms with E-state index in [1.54, 1.807) is 6.07 Å². The highest BCUT2D eigenvalue weighted by Crippen LogP contribution is 2.35. The van der Waals surface area contributed by atoms with Gasteiger partial charge in [0.2, 0.25) is 0 Å². The molecular weight excluding hydrogens is 505 g/mol. The van der Waals surface area contributed by atoms with Crippen molar-refractivity contribution in [1.82, 2.24) is 9.97 Å². The van der Waals surface area contributed by atoms with E-state index < -0.39 is 37.7 Å². The fraction of sp³-hybridized carbons (Fsp3) is 0.333. The lowest BCUT2D eigenvalue weighted by Crippen LogP contribution is -2.48. The van der Waals surface area contributed by atoms with E-state index in [1.165, 1.54) is 19.5 Å². The van der Waals surface area contributed by atoms with E-state index in [0.29, 0.717) is 16.7 Å². The van der Waals surface area contributed by atoms with Gasteiger partial charge in [-0.3, -0.25) is 0 Å². The van der Waals surface area contributed by atoms with Crippen molar-refractivity contribution in [1.29, 1.82) is 0 Å². The van der Waals surface area contributed by atoms with Crippen LogP contribution in [0.4, 0.5) is 15.9 Å².